The second-order valence-corrected chi connectivity index (χ2v) is 7.57. The second-order valence-electron chi connectivity index (χ2n) is 7.57. The molecule has 0 amide bonds. The third-order valence-corrected chi connectivity index (χ3v) is 5.57. The molecule has 2 unspecified atom stereocenters. The Morgan fingerprint density at radius 3 is 1.68 bits per heavy atom. The van der Waals surface area contributed by atoms with Gasteiger partial charge in [0.25, 0.3) is 0 Å². The van der Waals surface area contributed by atoms with Crippen molar-refractivity contribution in [1.29, 1.82) is 0 Å². The van der Waals surface area contributed by atoms with Crippen molar-refractivity contribution in [2.75, 3.05) is 0 Å². The molecule has 0 aromatic rings. The molecule has 0 aliphatic heterocycles. The molecular weight excluding hydrogens is 227 g/mol. The van der Waals surface area contributed by atoms with E-state index < -0.39 is 0 Å². The normalized spacial score (nSPS) is 21.3. The highest BCUT2D eigenvalue weighted by Crippen LogP contribution is 2.34. The standard InChI is InChI=1S/C18H35B/c1-14(2)16(5)19(17(6)15(3)4)13-12-18-10-8-7-9-11-18/h12-18H,7-11H2,1-6H3/b13-12+. The van der Waals surface area contributed by atoms with Crippen LogP contribution in [0, 0.1) is 17.8 Å². The molecule has 0 spiro atoms. The molecule has 0 aromatic carbocycles. The molecule has 0 nitrogen and oxygen atoms in total. The van der Waals surface area contributed by atoms with Crippen LogP contribution < -0.4 is 0 Å². The van der Waals surface area contributed by atoms with Crippen molar-refractivity contribution in [2.24, 2.45) is 17.8 Å². The molecule has 0 heterocycles. The van der Waals surface area contributed by atoms with Crippen LogP contribution in [-0.4, -0.2) is 6.71 Å². The molecule has 1 rings (SSSR count). The van der Waals surface area contributed by atoms with E-state index in [9.17, 15) is 0 Å². The third kappa shape index (κ3) is 5.36. The van der Waals surface area contributed by atoms with E-state index >= 15 is 0 Å². The van der Waals surface area contributed by atoms with Gasteiger partial charge in [0.15, 0.2) is 6.71 Å². The van der Waals surface area contributed by atoms with Gasteiger partial charge in [0.1, 0.15) is 0 Å². The van der Waals surface area contributed by atoms with Crippen LogP contribution in [0.15, 0.2) is 12.1 Å². The monoisotopic (exact) mass is 262 g/mol. The summed E-state index contributed by atoms with van der Waals surface area (Å²) in [6, 6.07) is 0. The Kier molecular flexibility index (Phi) is 7.25. The summed E-state index contributed by atoms with van der Waals surface area (Å²) in [5.74, 6) is 6.60. The highest BCUT2D eigenvalue weighted by atomic mass is 14.2. The SMILES string of the molecule is CC(C)C(C)B(/C=C/C1CCCCC1)C(C)C(C)C. The van der Waals surface area contributed by atoms with Gasteiger partial charge in [-0.3, -0.25) is 0 Å². The number of rotatable bonds is 6. The number of hydrogen-bond donors (Lipinski definition) is 0. The van der Waals surface area contributed by atoms with Crippen molar-refractivity contribution < 1.29 is 0 Å². The summed E-state index contributed by atoms with van der Waals surface area (Å²) in [7, 11) is 0. The van der Waals surface area contributed by atoms with E-state index in [4.69, 9.17) is 0 Å². The van der Waals surface area contributed by atoms with Crippen LogP contribution in [0.4, 0.5) is 0 Å². The van der Waals surface area contributed by atoms with Gasteiger partial charge in [-0.1, -0.05) is 90.4 Å². The molecule has 0 radical (unpaired) electrons. The van der Waals surface area contributed by atoms with Crippen LogP contribution >= 0.6 is 0 Å². The van der Waals surface area contributed by atoms with Gasteiger partial charge in [-0.05, 0) is 18.8 Å². The van der Waals surface area contributed by atoms with E-state index in [1.807, 2.05) is 0 Å². The van der Waals surface area contributed by atoms with Gasteiger partial charge in [0.2, 0.25) is 0 Å². The Morgan fingerprint density at radius 2 is 1.26 bits per heavy atom. The third-order valence-electron chi connectivity index (χ3n) is 5.57. The van der Waals surface area contributed by atoms with Crippen LogP contribution in [0.1, 0.15) is 73.6 Å². The maximum atomic E-state index is 2.59. The zero-order valence-electron chi connectivity index (χ0n) is 14.2. The first-order chi connectivity index (χ1) is 8.93. The zero-order chi connectivity index (χ0) is 14.4. The largest absolute Gasteiger partial charge is 0.172 e. The Bertz CT molecular complexity index is 247. The fourth-order valence-electron chi connectivity index (χ4n) is 3.33. The first-order valence-corrected chi connectivity index (χ1v) is 8.61. The summed E-state index contributed by atoms with van der Waals surface area (Å²) in [4.78, 5) is 0. The van der Waals surface area contributed by atoms with Crippen molar-refractivity contribution in [3.63, 3.8) is 0 Å². The lowest BCUT2D eigenvalue weighted by Gasteiger charge is -2.30. The lowest BCUT2D eigenvalue weighted by Crippen LogP contribution is -2.28. The summed E-state index contributed by atoms with van der Waals surface area (Å²) in [5, 5.41) is 0. The smallest absolute Gasteiger partial charge is 0.118 e. The first-order valence-electron chi connectivity index (χ1n) is 8.61. The summed E-state index contributed by atoms with van der Waals surface area (Å²) in [5.41, 5.74) is 0. The molecule has 110 valence electrons. The molecule has 1 saturated carbocycles. The second kappa shape index (κ2) is 8.17. The predicted octanol–water partition coefficient (Wildman–Crippen LogP) is 6.25. The van der Waals surface area contributed by atoms with Crippen molar-refractivity contribution in [3.8, 4) is 0 Å². The first kappa shape index (κ1) is 16.9. The average molecular weight is 262 g/mol. The quantitative estimate of drug-likeness (QED) is 0.496. The average Bonchev–Trinajstić information content (AvgIpc) is 2.39. The lowest BCUT2D eigenvalue weighted by atomic mass is 9.31. The van der Waals surface area contributed by atoms with Gasteiger partial charge in [0, 0.05) is 0 Å². The minimum Gasteiger partial charge on any atom is -0.118 e. The van der Waals surface area contributed by atoms with Gasteiger partial charge < -0.3 is 0 Å². The van der Waals surface area contributed by atoms with Gasteiger partial charge >= 0.3 is 0 Å². The summed E-state index contributed by atoms with van der Waals surface area (Å²) < 4.78 is 0. The fraction of sp³-hybridized carbons (Fsp3) is 0.889. The Labute approximate surface area is 122 Å². The van der Waals surface area contributed by atoms with E-state index in [0.29, 0.717) is 0 Å². The molecule has 1 fully saturated rings. The maximum Gasteiger partial charge on any atom is 0.172 e. The minimum atomic E-state index is 0.752. The molecule has 1 heteroatoms. The topological polar surface area (TPSA) is 0 Å². The van der Waals surface area contributed by atoms with Crippen LogP contribution in [0.2, 0.25) is 11.6 Å². The fourth-order valence-corrected chi connectivity index (χ4v) is 3.33. The molecule has 19 heavy (non-hydrogen) atoms. The highest BCUT2D eigenvalue weighted by molar-refractivity contribution is 6.67. The van der Waals surface area contributed by atoms with Crippen LogP contribution in [-0.2, 0) is 0 Å². The molecule has 1 aliphatic carbocycles. The Morgan fingerprint density at radius 1 is 0.789 bits per heavy atom. The molecule has 0 bridgehead atoms. The minimum absolute atomic E-state index is 0.752. The molecule has 0 N–H and O–H groups in total. The summed E-state index contributed by atoms with van der Waals surface area (Å²) in [6.07, 6.45) is 9.77. The van der Waals surface area contributed by atoms with Gasteiger partial charge in [0.05, 0.1) is 0 Å². The lowest BCUT2D eigenvalue weighted by molar-refractivity contribution is 0.419. The van der Waals surface area contributed by atoms with E-state index in [0.717, 1.165) is 36.1 Å². The molecule has 2 atom stereocenters. The maximum absolute atomic E-state index is 2.59. The van der Waals surface area contributed by atoms with Gasteiger partial charge in [-0.15, -0.1) is 5.98 Å². The van der Waals surface area contributed by atoms with Gasteiger partial charge in [-0.2, -0.15) is 0 Å². The Hall–Kier alpha value is -0.195. The summed E-state index contributed by atoms with van der Waals surface area (Å²) in [6.45, 7) is 15.1. The zero-order valence-corrected chi connectivity index (χ0v) is 14.2. The molecule has 1 aliphatic rings. The number of hydrogen-bond acceptors (Lipinski definition) is 0. The van der Waals surface area contributed by atoms with Gasteiger partial charge in [-0.25, -0.2) is 0 Å². The van der Waals surface area contributed by atoms with Crippen molar-refractivity contribution in [2.45, 2.75) is 85.3 Å². The summed E-state index contributed by atoms with van der Waals surface area (Å²) >= 11 is 0. The highest BCUT2D eigenvalue weighted by Gasteiger charge is 2.29. The molecule has 0 aromatic heterocycles. The van der Waals surface area contributed by atoms with Crippen molar-refractivity contribution in [1.82, 2.24) is 0 Å². The molecule has 0 saturated heterocycles. The van der Waals surface area contributed by atoms with E-state index in [2.05, 4.69) is 53.6 Å². The van der Waals surface area contributed by atoms with Crippen LogP contribution in [0.3, 0.4) is 0 Å². The van der Waals surface area contributed by atoms with E-state index in [1.165, 1.54) is 32.1 Å². The van der Waals surface area contributed by atoms with E-state index in [-0.39, 0.29) is 0 Å². The van der Waals surface area contributed by atoms with E-state index in [1.54, 1.807) is 0 Å². The van der Waals surface area contributed by atoms with Crippen LogP contribution in [0.5, 0.6) is 0 Å². The predicted molar refractivity (Wildman–Crippen MR) is 90.0 cm³/mol. The number of allylic oxidation sites excluding steroid dienone is 1. The Balaban J connectivity index is 2.69. The van der Waals surface area contributed by atoms with Crippen molar-refractivity contribution in [3.05, 3.63) is 12.1 Å². The molecular formula is C18H35B. The van der Waals surface area contributed by atoms with Crippen molar-refractivity contribution >= 4 is 6.71 Å². The van der Waals surface area contributed by atoms with Crippen LogP contribution in [0.25, 0.3) is 0 Å².